The molecule has 0 unspecified atom stereocenters. The van der Waals surface area contributed by atoms with Crippen LogP contribution in [0.2, 0.25) is 5.15 Å². The van der Waals surface area contributed by atoms with Crippen LogP contribution in [-0.4, -0.2) is 53.7 Å². The van der Waals surface area contributed by atoms with Crippen LogP contribution in [0.15, 0.2) is 55.1 Å². The van der Waals surface area contributed by atoms with E-state index in [1.807, 2.05) is 30.3 Å². The second-order valence-electron chi connectivity index (χ2n) is 7.63. The number of halogens is 1. The van der Waals surface area contributed by atoms with Crippen molar-refractivity contribution >= 4 is 28.5 Å². The molecule has 0 fully saturated rings. The highest BCUT2D eigenvalue weighted by Crippen LogP contribution is 2.35. The van der Waals surface area contributed by atoms with Crippen molar-refractivity contribution in [3.8, 4) is 5.75 Å². The van der Waals surface area contributed by atoms with Gasteiger partial charge in [0.15, 0.2) is 0 Å². The first-order chi connectivity index (χ1) is 15.6. The van der Waals surface area contributed by atoms with Crippen molar-refractivity contribution in [1.82, 2.24) is 34.1 Å². The Morgan fingerprint density at radius 1 is 1.28 bits per heavy atom. The number of methoxy groups -OCH3 is 1. The van der Waals surface area contributed by atoms with E-state index in [1.54, 1.807) is 45.8 Å². The van der Waals surface area contributed by atoms with Gasteiger partial charge in [0.2, 0.25) is 0 Å². The van der Waals surface area contributed by atoms with Crippen LogP contribution in [0.1, 0.15) is 33.5 Å². The first-order valence-corrected chi connectivity index (χ1v) is 10.5. The average molecular weight is 448 g/mol. The first kappa shape index (κ1) is 18.9. The summed E-state index contributed by atoms with van der Waals surface area (Å²) in [6.07, 6.45) is 5.68. The van der Waals surface area contributed by atoms with Gasteiger partial charge in [-0.25, -0.2) is 14.0 Å². The van der Waals surface area contributed by atoms with Gasteiger partial charge in [0.05, 0.1) is 53.8 Å². The van der Waals surface area contributed by atoms with Gasteiger partial charge in [-0.05, 0) is 30.3 Å². The Morgan fingerprint density at radius 3 is 3.03 bits per heavy atom. The molecule has 5 aromatic rings. The monoisotopic (exact) mass is 447 g/mol. The molecule has 6 heterocycles. The van der Waals surface area contributed by atoms with Crippen molar-refractivity contribution in [3.05, 3.63) is 82.9 Å². The number of fused-ring (bicyclic) bond motifs is 3. The van der Waals surface area contributed by atoms with Crippen molar-refractivity contribution < 1.29 is 9.53 Å². The van der Waals surface area contributed by atoms with Crippen molar-refractivity contribution in [2.45, 2.75) is 12.5 Å². The molecule has 0 aromatic carbocycles. The van der Waals surface area contributed by atoms with Gasteiger partial charge >= 0.3 is 0 Å². The van der Waals surface area contributed by atoms with Crippen molar-refractivity contribution in [3.63, 3.8) is 0 Å². The van der Waals surface area contributed by atoms with E-state index in [0.29, 0.717) is 40.6 Å². The molecule has 0 radical (unpaired) electrons. The third kappa shape index (κ3) is 2.78. The van der Waals surface area contributed by atoms with Crippen LogP contribution in [0.4, 0.5) is 0 Å². The summed E-state index contributed by atoms with van der Waals surface area (Å²) in [6, 6.07) is 10.7. The maximum Gasteiger partial charge on any atom is 0.258 e. The number of imidazole rings is 1. The molecule has 1 atom stereocenters. The minimum absolute atomic E-state index is 0.132. The standard InChI is InChI=1S/C22H18ClN7O2/c1-32-14-5-6-18-15(10-26-29(18)11-14)22(31)28-8-7-16-20(25-12-24-16)21(28)17-9-13-3-2-4-19(23)30(13)27-17/h2-6,9-12,21H,7-8H2,1H3,(H,24,25)/t21-/m1/s1. The van der Waals surface area contributed by atoms with Gasteiger partial charge in [-0.1, -0.05) is 17.7 Å². The molecule has 9 nitrogen and oxygen atoms in total. The van der Waals surface area contributed by atoms with Crippen LogP contribution >= 0.6 is 11.6 Å². The van der Waals surface area contributed by atoms with E-state index in [1.165, 1.54) is 0 Å². The highest BCUT2D eigenvalue weighted by atomic mass is 35.5. The normalized spacial score (nSPS) is 15.9. The van der Waals surface area contributed by atoms with Crippen molar-refractivity contribution in [2.75, 3.05) is 13.7 Å². The molecule has 6 rings (SSSR count). The lowest BCUT2D eigenvalue weighted by atomic mass is 9.98. The quantitative estimate of drug-likeness (QED) is 0.429. The molecule has 0 saturated carbocycles. The van der Waals surface area contributed by atoms with E-state index in [4.69, 9.17) is 21.4 Å². The van der Waals surface area contributed by atoms with E-state index in [9.17, 15) is 4.79 Å². The number of pyridine rings is 2. The maximum atomic E-state index is 13.8. The molecule has 1 amide bonds. The SMILES string of the molecule is COc1ccc2c(C(=O)N3CCc4[nH]cnc4[C@H]3c3cc4cccc(Cl)n4n3)cnn2c1. The number of hydrogen-bond donors (Lipinski definition) is 1. The maximum absolute atomic E-state index is 13.8. The summed E-state index contributed by atoms with van der Waals surface area (Å²) < 4.78 is 8.58. The Kier molecular flexibility index (Phi) is 4.19. The summed E-state index contributed by atoms with van der Waals surface area (Å²) in [6.45, 7) is 0.522. The summed E-state index contributed by atoms with van der Waals surface area (Å²) in [7, 11) is 1.59. The number of carbonyl (C=O) groups excluding carboxylic acids is 1. The fraction of sp³-hybridized carbons (Fsp3) is 0.182. The Bertz CT molecular complexity index is 1480. The van der Waals surface area contributed by atoms with Crippen LogP contribution in [0.5, 0.6) is 5.75 Å². The lowest BCUT2D eigenvalue weighted by molar-refractivity contribution is 0.0689. The van der Waals surface area contributed by atoms with Gasteiger partial charge in [-0.15, -0.1) is 0 Å². The van der Waals surface area contributed by atoms with E-state index in [-0.39, 0.29) is 5.91 Å². The Morgan fingerprint density at radius 2 is 2.19 bits per heavy atom. The molecular weight excluding hydrogens is 430 g/mol. The topological polar surface area (TPSA) is 92.8 Å². The van der Waals surface area contributed by atoms with Crippen LogP contribution in [0.25, 0.3) is 11.0 Å². The summed E-state index contributed by atoms with van der Waals surface area (Å²) >= 11 is 6.34. The predicted molar refractivity (Wildman–Crippen MR) is 117 cm³/mol. The van der Waals surface area contributed by atoms with E-state index in [0.717, 1.165) is 16.9 Å². The number of hydrogen-bond acceptors (Lipinski definition) is 5. The lowest BCUT2D eigenvalue weighted by Crippen LogP contribution is -2.41. The molecular formula is C22H18ClN7O2. The van der Waals surface area contributed by atoms with E-state index < -0.39 is 6.04 Å². The Hall–Kier alpha value is -3.85. The van der Waals surface area contributed by atoms with Gasteiger partial charge in [0, 0.05) is 18.7 Å². The third-order valence-electron chi connectivity index (χ3n) is 5.88. The molecule has 1 N–H and O–H groups in total. The minimum atomic E-state index is -0.443. The zero-order valence-corrected chi connectivity index (χ0v) is 17.8. The molecule has 160 valence electrons. The van der Waals surface area contributed by atoms with Crippen LogP contribution in [-0.2, 0) is 6.42 Å². The fourth-order valence-electron chi connectivity index (χ4n) is 4.34. The van der Waals surface area contributed by atoms with Crippen LogP contribution in [0, 0.1) is 0 Å². The molecule has 1 aliphatic rings. The van der Waals surface area contributed by atoms with E-state index >= 15 is 0 Å². The molecule has 5 aromatic heterocycles. The summed E-state index contributed by atoms with van der Waals surface area (Å²) in [4.78, 5) is 23.3. The predicted octanol–water partition coefficient (Wildman–Crippen LogP) is 3.16. The molecule has 0 aliphatic carbocycles. The zero-order valence-electron chi connectivity index (χ0n) is 17.1. The summed E-state index contributed by atoms with van der Waals surface area (Å²) in [5, 5.41) is 9.57. The first-order valence-electron chi connectivity index (χ1n) is 10.1. The fourth-order valence-corrected chi connectivity index (χ4v) is 4.54. The van der Waals surface area contributed by atoms with Gasteiger partial charge < -0.3 is 14.6 Å². The van der Waals surface area contributed by atoms with Gasteiger partial charge in [-0.2, -0.15) is 10.2 Å². The second-order valence-corrected chi connectivity index (χ2v) is 8.02. The van der Waals surface area contributed by atoms with Gasteiger partial charge in [-0.3, -0.25) is 4.79 Å². The van der Waals surface area contributed by atoms with Gasteiger partial charge in [0.25, 0.3) is 5.91 Å². The third-order valence-corrected chi connectivity index (χ3v) is 6.17. The Balaban J connectivity index is 1.47. The summed E-state index contributed by atoms with van der Waals surface area (Å²) in [5.74, 6) is 0.533. The Labute approximate surface area is 187 Å². The number of ether oxygens (including phenoxy) is 1. The smallest absolute Gasteiger partial charge is 0.258 e. The number of aromatic nitrogens is 6. The molecule has 32 heavy (non-hydrogen) atoms. The summed E-state index contributed by atoms with van der Waals surface area (Å²) in [5.41, 5.74) is 4.58. The van der Waals surface area contributed by atoms with Crippen molar-refractivity contribution in [1.29, 1.82) is 0 Å². The minimum Gasteiger partial charge on any atom is -0.495 e. The molecule has 10 heteroatoms. The number of H-pyrrole nitrogens is 1. The highest BCUT2D eigenvalue weighted by molar-refractivity contribution is 6.29. The van der Waals surface area contributed by atoms with Crippen LogP contribution in [0.3, 0.4) is 0 Å². The number of aromatic amines is 1. The number of nitrogens with one attached hydrogen (secondary N) is 1. The van der Waals surface area contributed by atoms with E-state index in [2.05, 4.69) is 15.1 Å². The number of rotatable bonds is 3. The zero-order chi connectivity index (χ0) is 21.8. The van der Waals surface area contributed by atoms with Crippen LogP contribution < -0.4 is 4.74 Å². The second kappa shape index (κ2) is 7.10. The van der Waals surface area contributed by atoms with Crippen molar-refractivity contribution in [2.24, 2.45) is 0 Å². The largest absolute Gasteiger partial charge is 0.495 e. The number of amides is 1. The lowest BCUT2D eigenvalue weighted by Gasteiger charge is -2.33. The van der Waals surface area contributed by atoms with Gasteiger partial charge in [0.1, 0.15) is 16.9 Å². The highest BCUT2D eigenvalue weighted by Gasteiger charge is 2.37. The number of carbonyl (C=O) groups is 1. The number of nitrogens with zero attached hydrogens (tertiary/aromatic N) is 6. The molecule has 1 aliphatic heterocycles. The molecule has 0 spiro atoms. The molecule has 0 bridgehead atoms. The molecule has 0 saturated heterocycles. The average Bonchev–Trinajstić information content (AvgIpc) is 3.55.